The summed E-state index contributed by atoms with van der Waals surface area (Å²) in [5.41, 5.74) is 0.259. The van der Waals surface area contributed by atoms with E-state index in [0.29, 0.717) is 11.0 Å². The lowest BCUT2D eigenvalue weighted by molar-refractivity contribution is -0.890. The van der Waals surface area contributed by atoms with E-state index in [0.717, 1.165) is 13.0 Å². The van der Waals surface area contributed by atoms with Gasteiger partial charge in [0, 0.05) is 5.57 Å². The molecule has 0 aliphatic carbocycles. The number of rotatable bonds is 11. The van der Waals surface area contributed by atoms with E-state index < -0.39 is 13.8 Å². The van der Waals surface area contributed by atoms with Crippen molar-refractivity contribution < 1.29 is 32.5 Å². The lowest BCUT2D eigenvalue weighted by Crippen LogP contribution is -2.42. The number of phosphoric ester groups is 1. The Morgan fingerprint density at radius 3 is 2.29 bits per heavy atom. The molecule has 0 aliphatic rings. The van der Waals surface area contributed by atoms with Crippen LogP contribution in [0.5, 0.6) is 0 Å². The molecule has 0 fully saturated rings. The third-order valence-corrected chi connectivity index (χ3v) is 3.72. The second-order valence-corrected chi connectivity index (χ2v) is 6.89. The van der Waals surface area contributed by atoms with Crippen molar-refractivity contribution in [3.63, 3.8) is 0 Å². The Bertz CT molecular complexity index is 396. The maximum Gasteiger partial charge on any atom is 0.472 e. The SMILES string of the molecule is C=C(C)C(=O)OCCOP(=O)(O)OCC[N+](C)(C)CCC. The van der Waals surface area contributed by atoms with Crippen LogP contribution >= 0.6 is 7.82 Å². The highest BCUT2D eigenvalue weighted by Gasteiger charge is 2.23. The van der Waals surface area contributed by atoms with Crippen molar-refractivity contribution in [3.8, 4) is 0 Å². The third-order valence-electron chi connectivity index (χ3n) is 2.70. The van der Waals surface area contributed by atoms with Crippen LogP contribution in [0.25, 0.3) is 0 Å². The minimum atomic E-state index is -4.10. The maximum atomic E-state index is 11.6. The first-order valence-corrected chi connectivity index (χ1v) is 8.35. The molecule has 7 nitrogen and oxygen atoms in total. The fourth-order valence-electron chi connectivity index (χ4n) is 1.57. The highest BCUT2D eigenvalue weighted by Crippen LogP contribution is 2.42. The minimum absolute atomic E-state index is 0.117. The van der Waals surface area contributed by atoms with E-state index in [-0.39, 0.29) is 25.4 Å². The number of phosphoric acid groups is 1. The molecule has 0 radical (unpaired) electrons. The van der Waals surface area contributed by atoms with Gasteiger partial charge < -0.3 is 14.1 Å². The molecule has 0 amide bonds. The van der Waals surface area contributed by atoms with E-state index in [1.54, 1.807) is 0 Å². The van der Waals surface area contributed by atoms with Gasteiger partial charge in [-0.15, -0.1) is 0 Å². The Hall–Kier alpha value is -0.720. The van der Waals surface area contributed by atoms with E-state index in [2.05, 4.69) is 13.5 Å². The molecule has 1 N–H and O–H groups in total. The Balaban J connectivity index is 3.91. The van der Waals surface area contributed by atoms with Gasteiger partial charge in [0.2, 0.25) is 0 Å². The molecule has 1 atom stereocenters. The number of likely N-dealkylation sites (N-methyl/N-ethyl adjacent to an activating group) is 1. The lowest BCUT2D eigenvalue weighted by atomic mass is 10.4. The van der Waals surface area contributed by atoms with Crippen molar-refractivity contribution in [1.29, 1.82) is 0 Å². The van der Waals surface area contributed by atoms with Crippen molar-refractivity contribution in [1.82, 2.24) is 0 Å². The van der Waals surface area contributed by atoms with Gasteiger partial charge in [-0.25, -0.2) is 9.36 Å². The molecule has 0 bridgehead atoms. The molecule has 0 saturated heterocycles. The van der Waals surface area contributed by atoms with Crippen molar-refractivity contribution in [3.05, 3.63) is 12.2 Å². The summed E-state index contributed by atoms with van der Waals surface area (Å²) in [7, 11) is -0.0631. The smallest absolute Gasteiger partial charge is 0.460 e. The topological polar surface area (TPSA) is 82.1 Å². The molecule has 8 heteroatoms. The van der Waals surface area contributed by atoms with Crippen LogP contribution in [0.4, 0.5) is 0 Å². The van der Waals surface area contributed by atoms with Crippen molar-refractivity contribution in [2.24, 2.45) is 0 Å². The number of hydrogen-bond donors (Lipinski definition) is 1. The summed E-state index contributed by atoms with van der Waals surface area (Å²) in [5.74, 6) is -0.564. The second kappa shape index (κ2) is 9.33. The van der Waals surface area contributed by atoms with Crippen molar-refractivity contribution >= 4 is 13.8 Å². The predicted molar refractivity (Wildman–Crippen MR) is 79.6 cm³/mol. The van der Waals surface area contributed by atoms with E-state index in [9.17, 15) is 14.3 Å². The van der Waals surface area contributed by atoms with Gasteiger partial charge in [-0.3, -0.25) is 9.05 Å². The summed E-state index contributed by atoms with van der Waals surface area (Å²) in [5, 5.41) is 0. The lowest BCUT2D eigenvalue weighted by Gasteiger charge is -2.29. The van der Waals surface area contributed by atoms with Crippen LogP contribution in [0.2, 0.25) is 0 Å². The van der Waals surface area contributed by atoms with Gasteiger partial charge in [0.05, 0.1) is 27.2 Å². The van der Waals surface area contributed by atoms with Gasteiger partial charge in [0.15, 0.2) is 0 Å². The molecule has 0 aliphatic heterocycles. The zero-order valence-corrected chi connectivity index (χ0v) is 14.2. The summed E-state index contributed by atoms with van der Waals surface area (Å²) in [6.45, 7) is 8.34. The molecular formula is C13H27NO6P+. The van der Waals surface area contributed by atoms with Crippen LogP contribution in [0.15, 0.2) is 12.2 Å². The van der Waals surface area contributed by atoms with Crippen LogP contribution in [0, 0.1) is 0 Å². The molecule has 0 saturated carbocycles. The number of hydrogen-bond acceptors (Lipinski definition) is 5. The van der Waals surface area contributed by atoms with E-state index in [4.69, 9.17) is 13.8 Å². The standard InChI is InChI=1S/C13H26NO6P/c1-6-7-14(4,5)8-9-19-21(16,17)20-11-10-18-13(15)12(2)3/h2,6-11H2,1,3-5H3/p+1. The van der Waals surface area contributed by atoms with E-state index in [1.807, 2.05) is 14.1 Å². The van der Waals surface area contributed by atoms with Gasteiger partial charge in [-0.2, -0.15) is 0 Å². The number of nitrogens with zero attached hydrogens (tertiary/aromatic N) is 1. The van der Waals surface area contributed by atoms with Gasteiger partial charge in [0.25, 0.3) is 0 Å². The molecule has 0 aromatic carbocycles. The van der Waals surface area contributed by atoms with Crippen LogP contribution in [0.3, 0.4) is 0 Å². The molecule has 1 unspecified atom stereocenters. The molecule has 21 heavy (non-hydrogen) atoms. The molecule has 0 aromatic rings. The van der Waals surface area contributed by atoms with Crippen molar-refractivity contribution in [2.45, 2.75) is 20.3 Å². The highest BCUT2D eigenvalue weighted by atomic mass is 31.2. The average Bonchev–Trinajstić information content (AvgIpc) is 2.33. The highest BCUT2D eigenvalue weighted by molar-refractivity contribution is 7.47. The summed E-state index contributed by atoms with van der Waals surface area (Å²) in [6, 6.07) is 0. The van der Waals surface area contributed by atoms with Crippen LogP contribution < -0.4 is 0 Å². The Morgan fingerprint density at radius 1 is 1.19 bits per heavy atom. The molecule has 0 rings (SSSR count). The first-order chi connectivity index (χ1) is 9.59. The quantitative estimate of drug-likeness (QED) is 0.205. The van der Waals surface area contributed by atoms with Crippen LogP contribution in [0.1, 0.15) is 20.3 Å². The molecule has 124 valence electrons. The molecule has 0 heterocycles. The maximum absolute atomic E-state index is 11.6. The Morgan fingerprint density at radius 2 is 1.76 bits per heavy atom. The van der Waals surface area contributed by atoms with Gasteiger partial charge in [-0.05, 0) is 13.3 Å². The summed E-state index contributed by atoms with van der Waals surface area (Å²) >= 11 is 0. The van der Waals surface area contributed by atoms with E-state index in [1.165, 1.54) is 6.92 Å². The number of carbonyl (C=O) groups is 1. The van der Waals surface area contributed by atoms with Crippen LogP contribution in [-0.2, 0) is 23.1 Å². The first kappa shape index (κ1) is 20.3. The fraction of sp³-hybridized carbons (Fsp3) is 0.769. The predicted octanol–water partition coefficient (Wildman–Crippen LogP) is 1.73. The Labute approximate surface area is 126 Å². The second-order valence-electron chi connectivity index (χ2n) is 5.43. The van der Waals surface area contributed by atoms with Gasteiger partial charge >= 0.3 is 13.8 Å². The number of quaternary nitrogens is 1. The zero-order valence-electron chi connectivity index (χ0n) is 13.3. The zero-order chi connectivity index (χ0) is 16.5. The van der Waals surface area contributed by atoms with Gasteiger partial charge in [0.1, 0.15) is 19.8 Å². The monoisotopic (exact) mass is 324 g/mol. The summed E-state index contributed by atoms with van der Waals surface area (Å²) < 4.78 is 26.6. The van der Waals surface area contributed by atoms with E-state index >= 15 is 0 Å². The number of ether oxygens (including phenoxy) is 1. The molecular weight excluding hydrogens is 297 g/mol. The largest absolute Gasteiger partial charge is 0.472 e. The Kier molecular flexibility index (Phi) is 9.01. The van der Waals surface area contributed by atoms with Crippen LogP contribution in [-0.4, -0.2) is 62.4 Å². The molecule has 0 spiro atoms. The normalized spacial score (nSPS) is 14.5. The van der Waals surface area contributed by atoms with Crippen molar-refractivity contribution in [2.75, 3.05) is 47.0 Å². The fourth-order valence-corrected chi connectivity index (χ4v) is 2.26. The first-order valence-electron chi connectivity index (χ1n) is 6.86. The third kappa shape index (κ3) is 10.6. The average molecular weight is 324 g/mol. The van der Waals surface area contributed by atoms with Gasteiger partial charge in [-0.1, -0.05) is 13.5 Å². The number of esters is 1. The number of carbonyl (C=O) groups excluding carboxylic acids is 1. The minimum Gasteiger partial charge on any atom is -0.460 e. The summed E-state index contributed by atoms with van der Waals surface area (Å²) in [6.07, 6.45) is 1.02. The summed E-state index contributed by atoms with van der Waals surface area (Å²) in [4.78, 5) is 20.5. The molecule has 0 aromatic heterocycles.